The second-order valence-electron chi connectivity index (χ2n) is 5.49. The maximum Gasteiger partial charge on any atom is 0.389 e. The van der Waals surface area contributed by atoms with E-state index in [9.17, 15) is 22.8 Å². The molecule has 1 saturated carbocycles. The molecule has 1 amide bonds. The van der Waals surface area contributed by atoms with E-state index in [1.165, 1.54) is 24.3 Å². The maximum absolute atomic E-state index is 12.1. The highest BCUT2D eigenvalue weighted by Gasteiger charge is 2.35. The maximum atomic E-state index is 12.1. The molecule has 0 aromatic heterocycles. The van der Waals surface area contributed by atoms with Gasteiger partial charge in [0, 0.05) is 18.0 Å². The highest BCUT2D eigenvalue weighted by atomic mass is 19.4. The van der Waals surface area contributed by atoms with Crippen LogP contribution in [-0.2, 0) is 11.2 Å². The number of hydrogen-bond donors (Lipinski definition) is 2. The van der Waals surface area contributed by atoms with Crippen LogP contribution >= 0.6 is 0 Å². The van der Waals surface area contributed by atoms with Gasteiger partial charge in [0.1, 0.15) is 0 Å². The van der Waals surface area contributed by atoms with Gasteiger partial charge in [-0.05, 0) is 37.0 Å². The molecule has 0 spiro atoms. The highest BCUT2D eigenvalue weighted by molar-refractivity contribution is 5.94. The van der Waals surface area contributed by atoms with Gasteiger partial charge in [0.15, 0.2) is 0 Å². The van der Waals surface area contributed by atoms with Crippen molar-refractivity contribution in [2.24, 2.45) is 5.92 Å². The molecule has 0 heterocycles. The number of carbonyl (C=O) groups is 2. The smallest absolute Gasteiger partial charge is 0.389 e. The van der Waals surface area contributed by atoms with E-state index in [0.717, 1.165) is 0 Å². The number of carboxylic acids is 1. The van der Waals surface area contributed by atoms with Gasteiger partial charge in [0.25, 0.3) is 5.91 Å². The van der Waals surface area contributed by atoms with E-state index in [1.807, 2.05) is 0 Å². The average Bonchev–Trinajstić information content (AvgIpc) is 2.39. The first-order valence-electron chi connectivity index (χ1n) is 6.94. The summed E-state index contributed by atoms with van der Waals surface area (Å²) in [6, 6.07) is 5.81. The van der Waals surface area contributed by atoms with E-state index in [1.54, 1.807) is 0 Å². The minimum atomic E-state index is -4.19. The minimum Gasteiger partial charge on any atom is -0.481 e. The molecule has 4 nitrogen and oxygen atoms in total. The van der Waals surface area contributed by atoms with Crippen LogP contribution in [0.3, 0.4) is 0 Å². The number of carbonyl (C=O) groups excluding carboxylic acids is 1. The van der Waals surface area contributed by atoms with Crippen LogP contribution in [0.1, 0.15) is 35.2 Å². The Morgan fingerprint density at radius 2 is 1.77 bits per heavy atom. The second-order valence-corrected chi connectivity index (χ2v) is 5.49. The number of rotatable bonds is 5. The van der Waals surface area contributed by atoms with Crippen LogP contribution in [0, 0.1) is 5.92 Å². The molecule has 1 aliphatic rings. The number of nitrogens with one attached hydrogen (secondary N) is 1. The summed E-state index contributed by atoms with van der Waals surface area (Å²) in [7, 11) is 0. The summed E-state index contributed by atoms with van der Waals surface area (Å²) in [5.41, 5.74) is 0.873. The van der Waals surface area contributed by atoms with Gasteiger partial charge in [-0.3, -0.25) is 9.59 Å². The van der Waals surface area contributed by atoms with Crippen molar-refractivity contribution in [2.75, 3.05) is 0 Å². The lowest BCUT2D eigenvalue weighted by Crippen LogP contribution is -2.46. The first-order chi connectivity index (χ1) is 10.2. The third kappa shape index (κ3) is 4.47. The van der Waals surface area contributed by atoms with Gasteiger partial charge >= 0.3 is 12.1 Å². The van der Waals surface area contributed by atoms with Crippen molar-refractivity contribution in [1.82, 2.24) is 5.32 Å². The largest absolute Gasteiger partial charge is 0.481 e. The molecule has 1 fully saturated rings. The third-order valence-electron chi connectivity index (χ3n) is 3.74. The van der Waals surface area contributed by atoms with E-state index < -0.39 is 24.5 Å². The molecule has 1 aromatic carbocycles. The summed E-state index contributed by atoms with van der Waals surface area (Å²) >= 11 is 0. The Bertz CT molecular complexity index is 548. The molecule has 2 rings (SSSR count). The zero-order valence-electron chi connectivity index (χ0n) is 11.7. The fourth-order valence-corrected chi connectivity index (χ4v) is 2.31. The number of carboxylic acid groups (broad SMARTS) is 1. The van der Waals surface area contributed by atoms with Gasteiger partial charge in [0.05, 0.1) is 5.92 Å². The van der Waals surface area contributed by atoms with Crippen molar-refractivity contribution in [1.29, 1.82) is 0 Å². The van der Waals surface area contributed by atoms with E-state index in [4.69, 9.17) is 5.11 Å². The summed E-state index contributed by atoms with van der Waals surface area (Å²) in [6.07, 6.45) is -4.39. The highest BCUT2D eigenvalue weighted by Crippen LogP contribution is 2.27. The normalized spacial score (nSPS) is 21.0. The summed E-state index contributed by atoms with van der Waals surface area (Å²) in [5, 5.41) is 11.5. The number of amides is 1. The van der Waals surface area contributed by atoms with Crippen LogP contribution < -0.4 is 5.32 Å². The molecule has 1 aliphatic carbocycles. The number of hydrogen-bond acceptors (Lipinski definition) is 2. The summed E-state index contributed by atoms with van der Waals surface area (Å²) in [5.74, 6) is -1.61. The van der Waals surface area contributed by atoms with Crippen LogP contribution in [0.25, 0.3) is 0 Å². The zero-order chi connectivity index (χ0) is 16.3. The van der Waals surface area contributed by atoms with Crippen molar-refractivity contribution >= 4 is 11.9 Å². The Kier molecular flexibility index (Phi) is 4.73. The van der Waals surface area contributed by atoms with Crippen LogP contribution in [0.15, 0.2) is 24.3 Å². The monoisotopic (exact) mass is 315 g/mol. The van der Waals surface area contributed by atoms with E-state index in [2.05, 4.69) is 5.32 Å². The molecule has 7 heteroatoms. The first-order valence-corrected chi connectivity index (χ1v) is 6.94. The lowest BCUT2D eigenvalue weighted by atomic mass is 9.80. The molecule has 0 radical (unpaired) electrons. The summed E-state index contributed by atoms with van der Waals surface area (Å²) in [6.45, 7) is 0. The topological polar surface area (TPSA) is 66.4 Å². The quantitative estimate of drug-likeness (QED) is 0.878. The molecule has 120 valence electrons. The molecular formula is C15H16F3NO3. The average molecular weight is 315 g/mol. The lowest BCUT2D eigenvalue weighted by molar-refractivity contribution is -0.145. The van der Waals surface area contributed by atoms with Gasteiger partial charge in [-0.15, -0.1) is 0 Å². The Morgan fingerprint density at radius 1 is 1.18 bits per heavy atom. The Labute approximate surface area is 125 Å². The van der Waals surface area contributed by atoms with Crippen LogP contribution in [0.5, 0.6) is 0 Å². The molecule has 0 aliphatic heterocycles. The van der Waals surface area contributed by atoms with Gasteiger partial charge in [-0.25, -0.2) is 0 Å². The van der Waals surface area contributed by atoms with Gasteiger partial charge in [-0.1, -0.05) is 12.1 Å². The number of benzene rings is 1. The minimum absolute atomic E-state index is 0.117. The fourth-order valence-electron chi connectivity index (χ4n) is 2.31. The van der Waals surface area contributed by atoms with Gasteiger partial charge < -0.3 is 10.4 Å². The fraction of sp³-hybridized carbons (Fsp3) is 0.467. The number of aryl methyl sites for hydroxylation is 1. The summed E-state index contributed by atoms with van der Waals surface area (Å²) < 4.78 is 36.4. The molecular weight excluding hydrogens is 299 g/mol. The Morgan fingerprint density at radius 3 is 2.27 bits per heavy atom. The van der Waals surface area contributed by atoms with E-state index in [-0.39, 0.29) is 18.4 Å². The van der Waals surface area contributed by atoms with Gasteiger partial charge in [0.2, 0.25) is 0 Å². The molecule has 0 atom stereocenters. The second kappa shape index (κ2) is 6.37. The third-order valence-corrected chi connectivity index (χ3v) is 3.74. The van der Waals surface area contributed by atoms with Crippen LogP contribution in [0.4, 0.5) is 13.2 Å². The van der Waals surface area contributed by atoms with Crippen molar-refractivity contribution in [3.05, 3.63) is 35.4 Å². The van der Waals surface area contributed by atoms with Crippen molar-refractivity contribution in [3.63, 3.8) is 0 Å². The SMILES string of the molecule is O=C(NC1CC(C(=O)O)C1)c1ccc(CCC(F)(F)F)cc1. The number of alkyl halides is 3. The Hall–Kier alpha value is -2.05. The van der Waals surface area contributed by atoms with Gasteiger partial charge in [-0.2, -0.15) is 13.2 Å². The molecule has 0 saturated heterocycles. The lowest BCUT2D eigenvalue weighted by Gasteiger charge is -2.32. The Balaban J connectivity index is 1.83. The number of aliphatic carboxylic acids is 1. The predicted molar refractivity (Wildman–Crippen MR) is 72.4 cm³/mol. The van der Waals surface area contributed by atoms with Crippen LogP contribution in [-0.4, -0.2) is 29.2 Å². The molecule has 0 unspecified atom stereocenters. The molecule has 0 bridgehead atoms. The molecule has 22 heavy (non-hydrogen) atoms. The number of halogens is 3. The van der Waals surface area contributed by atoms with Crippen LogP contribution in [0.2, 0.25) is 0 Å². The standard InChI is InChI=1S/C15H16F3NO3/c16-15(17,18)6-5-9-1-3-10(4-2-9)13(20)19-12-7-11(8-12)14(21)22/h1-4,11-12H,5-8H2,(H,19,20)(H,21,22). The van der Waals surface area contributed by atoms with E-state index in [0.29, 0.717) is 24.0 Å². The summed E-state index contributed by atoms with van der Waals surface area (Å²) in [4.78, 5) is 22.6. The molecule has 1 aromatic rings. The van der Waals surface area contributed by atoms with Crippen molar-refractivity contribution in [2.45, 2.75) is 37.9 Å². The van der Waals surface area contributed by atoms with Crippen molar-refractivity contribution < 1.29 is 27.9 Å². The predicted octanol–water partition coefficient (Wildman–Crippen LogP) is 2.77. The first kappa shape index (κ1) is 16.3. The molecule has 2 N–H and O–H groups in total. The van der Waals surface area contributed by atoms with E-state index >= 15 is 0 Å². The zero-order valence-corrected chi connectivity index (χ0v) is 11.7. The van der Waals surface area contributed by atoms with Crippen molar-refractivity contribution in [3.8, 4) is 0 Å².